The molecule has 0 heterocycles. The smallest absolute Gasteiger partial charge is 0.0962 e. The minimum absolute atomic E-state index is 0.461. The highest BCUT2D eigenvalue weighted by Gasteiger charge is 2.07. The first kappa shape index (κ1) is 14.7. The van der Waals surface area contributed by atoms with Crippen molar-refractivity contribution in [2.45, 2.75) is 6.10 Å². The molecule has 0 aliphatic rings. The lowest BCUT2D eigenvalue weighted by Crippen LogP contribution is -2.12. The van der Waals surface area contributed by atoms with Crippen LogP contribution in [-0.2, 0) is 0 Å². The van der Waals surface area contributed by atoms with Gasteiger partial charge in [0, 0.05) is 37.0 Å². The first-order chi connectivity index (χ1) is 9.56. The Hall–Kier alpha value is -1.71. The van der Waals surface area contributed by atoms with E-state index in [9.17, 15) is 5.11 Å². The lowest BCUT2D eigenvalue weighted by atomic mass is 10.1. The monoisotopic (exact) mass is 290 g/mol. The van der Waals surface area contributed by atoms with Gasteiger partial charge < -0.3 is 15.3 Å². The number of nitrogens with one attached hydrogen (secondary N) is 1. The van der Waals surface area contributed by atoms with Crippen LogP contribution in [0, 0.1) is 0 Å². The van der Waals surface area contributed by atoms with Gasteiger partial charge in [-0.05, 0) is 42.0 Å². The summed E-state index contributed by atoms with van der Waals surface area (Å²) in [6.45, 7) is 0.461. The van der Waals surface area contributed by atoms with Gasteiger partial charge in [-0.25, -0.2) is 0 Å². The van der Waals surface area contributed by atoms with Crippen LogP contribution in [0.15, 0.2) is 48.5 Å². The second-order valence-electron chi connectivity index (χ2n) is 4.89. The normalized spacial score (nSPS) is 12.0. The van der Waals surface area contributed by atoms with Crippen LogP contribution < -0.4 is 10.2 Å². The van der Waals surface area contributed by atoms with Crippen molar-refractivity contribution in [1.82, 2.24) is 0 Å². The zero-order valence-electron chi connectivity index (χ0n) is 11.7. The molecule has 0 spiro atoms. The molecule has 0 fully saturated rings. The van der Waals surface area contributed by atoms with E-state index in [-0.39, 0.29) is 0 Å². The second-order valence-corrected chi connectivity index (χ2v) is 5.33. The molecule has 20 heavy (non-hydrogen) atoms. The summed E-state index contributed by atoms with van der Waals surface area (Å²) in [6, 6.07) is 15.3. The molecule has 106 valence electrons. The number of hydrogen-bond acceptors (Lipinski definition) is 3. The molecule has 2 N–H and O–H groups in total. The molecule has 0 aromatic heterocycles. The predicted molar refractivity (Wildman–Crippen MR) is 85.7 cm³/mol. The van der Waals surface area contributed by atoms with Crippen LogP contribution in [0.3, 0.4) is 0 Å². The first-order valence-electron chi connectivity index (χ1n) is 6.51. The largest absolute Gasteiger partial charge is 0.387 e. The van der Waals surface area contributed by atoms with Crippen molar-refractivity contribution in [2.24, 2.45) is 0 Å². The number of aliphatic hydroxyl groups excluding tert-OH is 1. The van der Waals surface area contributed by atoms with E-state index in [1.165, 1.54) is 0 Å². The van der Waals surface area contributed by atoms with Crippen LogP contribution in [0.1, 0.15) is 11.7 Å². The quantitative estimate of drug-likeness (QED) is 0.884. The minimum Gasteiger partial charge on any atom is -0.387 e. The van der Waals surface area contributed by atoms with Crippen LogP contribution in [0.2, 0.25) is 5.02 Å². The molecule has 4 heteroatoms. The first-order valence-corrected chi connectivity index (χ1v) is 6.89. The Bertz CT molecular complexity index is 537. The molecule has 2 aromatic carbocycles. The summed E-state index contributed by atoms with van der Waals surface area (Å²) >= 11 is 5.83. The van der Waals surface area contributed by atoms with Gasteiger partial charge in [-0.3, -0.25) is 0 Å². The van der Waals surface area contributed by atoms with Gasteiger partial charge in [0.25, 0.3) is 0 Å². The molecule has 0 aliphatic carbocycles. The third-order valence-electron chi connectivity index (χ3n) is 3.14. The highest BCUT2D eigenvalue weighted by Crippen LogP contribution is 2.19. The molecule has 1 unspecified atom stereocenters. The van der Waals surface area contributed by atoms with Crippen molar-refractivity contribution in [2.75, 3.05) is 30.9 Å². The number of rotatable bonds is 5. The third-order valence-corrected chi connectivity index (χ3v) is 3.39. The van der Waals surface area contributed by atoms with Crippen molar-refractivity contribution < 1.29 is 5.11 Å². The molecule has 0 amide bonds. The Morgan fingerprint density at radius 3 is 2.20 bits per heavy atom. The van der Waals surface area contributed by atoms with Crippen molar-refractivity contribution in [1.29, 1.82) is 0 Å². The molecule has 0 saturated carbocycles. The van der Waals surface area contributed by atoms with Gasteiger partial charge in [0.1, 0.15) is 0 Å². The molecule has 0 bridgehead atoms. The maximum absolute atomic E-state index is 10.1. The van der Waals surface area contributed by atoms with Crippen molar-refractivity contribution >= 4 is 23.0 Å². The maximum Gasteiger partial charge on any atom is 0.0962 e. The zero-order valence-corrected chi connectivity index (χ0v) is 12.4. The van der Waals surface area contributed by atoms with E-state index in [0.29, 0.717) is 11.6 Å². The van der Waals surface area contributed by atoms with Gasteiger partial charge >= 0.3 is 0 Å². The number of aliphatic hydroxyl groups is 1. The van der Waals surface area contributed by atoms with Gasteiger partial charge in [-0.2, -0.15) is 0 Å². The van der Waals surface area contributed by atoms with Gasteiger partial charge in [-0.15, -0.1) is 0 Å². The van der Waals surface area contributed by atoms with Gasteiger partial charge in [0.05, 0.1) is 6.10 Å². The van der Waals surface area contributed by atoms with Crippen LogP contribution in [0.4, 0.5) is 11.4 Å². The summed E-state index contributed by atoms with van der Waals surface area (Å²) in [5.74, 6) is 0. The topological polar surface area (TPSA) is 35.5 Å². The summed E-state index contributed by atoms with van der Waals surface area (Å²) in [6.07, 6.45) is -0.555. The Morgan fingerprint density at radius 2 is 1.65 bits per heavy atom. The number of halogens is 1. The summed E-state index contributed by atoms with van der Waals surface area (Å²) < 4.78 is 0. The Morgan fingerprint density at radius 1 is 1.05 bits per heavy atom. The van der Waals surface area contributed by atoms with E-state index in [1.807, 2.05) is 55.4 Å². The molecular weight excluding hydrogens is 272 g/mol. The van der Waals surface area contributed by atoms with Gasteiger partial charge in [-0.1, -0.05) is 23.7 Å². The lowest BCUT2D eigenvalue weighted by molar-refractivity contribution is 0.191. The molecule has 3 nitrogen and oxygen atoms in total. The highest BCUT2D eigenvalue weighted by atomic mass is 35.5. The average molecular weight is 291 g/mol. The predicted octanol–water partition coefficient (Wildman–Crippen LogP) is 3.55. The van der Waals surface area contributed by atoms with Crippen LogP contribution in [0.25, 0.3) is 0 Å². The van der Waals surface area contributed by atoms with Gasteiger partial charge in [0.15, 0.2) is 0 Å². The molecule has 1 atom stereocenters. The zero-order chi connectivity index (χ0) is 14.5. The molecule has 2 rings (SSSR count). The molecule has 0 saturated heterocycles. The Labute approximate surface area is 124 Å². The van der Waals surface area contributed by atoms with E-state index in [4.69, 9.17) is 11.6 Å². The standard InChI is InChI=1S/C16H19ClN2O/c1-19(2)15-9-7-14(8-10-15)18-11-16(20)12-3-5-13(17)6-4-12/h3-10,16,18,20H,11H2,1-2H3. The van der Waals surface area contributed by atoms with E-state index < -0.39 is 6.10 Å². The summed E-state index contributed by atoms with van der Waals surface area (Å²) in [5.41, 5.74) is 2.99. The average Bonchev–Trinajstić information content (AvgIpc) is 2.46. The number of hydrogen-bond donors (Lipinski definition) is 2. The van der Waals surface area contributed by atoms with E-state index in [2.05, 4.69) is 5.32 Å². The SMILES string of the molecule is CN(C)c1ccc(NCC(O)c2ccc(Cl)cc2)cc1. The van der Waals surface area contributed by atoms with Gasteiger partial charge in [0.2, 0.25) is 0 Å². The van der Waals surface area contributed by atoms with E-state index in [0.717, 1.165) is 16.9 Å². The molecule has 0 radical (unpaired) electrons. The summed E-state index contributed by atoms with van der Waals surface area (Å²) in [5, 5.41) is 14.0. The minimum atomic E-state index is -0.555. The van der Waals surface area contributed by atoms with Crippen molar-refractivity contribution in [3.63, 3.8) is 0 Å². The van der Waals surface area contributed by atoms with E-state index in [1.54, 1.807) is 12.1 Å². The van der Waals surface area contributed by atoms with Crippen LogP contribution in [0.5, 0.6) is 0 Å². The Balaban J connectivity index is 1.92. The van der Waals surface area contributed by atoms with Crippen molar-refractivity contribution in [3.05, 3.63) is 59.1 Å². The van der Waals surface area contributed by atoms with E-state index >= 15 is 0 Å². The Kier molecular flexibility index (Phi) is 4.88. The number of anilines is 2. The molecule has 0 aliphatic heterocycles. The maximum atomic E-state index is 10.1. The number of nitrogens with zero attached hydrogens (tertiary/aromatic N) is 1. The fourth-order valence-electron chi connectivity index (χ4n) is 1.89. The fourth-order valence-corrected chi connectivity index (χ4v) is 2.02. The summed E-state index contributed by atoms with van der Waals surface area (Å²) in [7, 11) is 4.01. The summed E-state index contributed by atoms with van der Waals surface area (Å²) in [4.78, 5) is 2.05. The molecular formula is C16H19ClN2O. The van der Waals surface area contributed by atoms with Crippen LogP contribution >= 0.6 is 11.6 Å². The molecule has 2 aromatic rings. The number of benzene rings is 2. The second kappa shape index (κ2) is 6.64. The lowest BCUT2D eigenvalue weighted by Gasteiger charge is -2.15. The van der Waals surface area contributed by atoms with Crippen LogP contribution in [-0.4, -0.2) is 25.7 Å². The van der Waals surface area contributed by atoms with Crippen molar-refractivity contribution in [3.8, 4) is 0 Å². The fraction of sp³-hybridized carbons (Fsp3) is 0.250. The highest BCUT2D eigenvalue weighted by molar-refractivity contribution is 6.30. The third kappa shape index (κ3) is 3.89.